The molecule has 0 spiro atoms. The molecule has 0 radical (unpaired) electrons. The maximum Gasteiger partial charge on any atom is 0.387 e. The van der Waals surface area contributed by atoms with Crippen LogP contribution in [-0.4, -0.2) is 28.9 Å². The summed E-state index contributed by atoms with van der Waals surface area (Å²) in [4.78, 5) is 4.46. The molecule has 0 amide bonds. The Morgan fingerprint density at radius 3 is 2.76 bits per heavy atom. The highest BCUT2D eigenvalue weighted by molar-refractivity contribution is 5.79. The number of rotatable bonds is 7. The van der Waals surface area contributed by atoms with Gasteiger partial charge in [-0.15, -0.1) is 0 Å². The maximum atomic E-state index is 12.5. The lowest BCUT2D eigenvalue weighted by molar-refractivity contribution is -0.0504. The largest absolute Gasteiger partial charge is 0.434 e. The molecule has 0 aliphatic rings. The average Bonchev–Trinajstić information content (AvgIpc) is 2.97. The Hall–Kier alpha value is -2.64. The van der Waals surface area contributed by atoms with Gasteiger partial charge < -0.3 is 15.4 Å². The first-order valence-corrected chi connectivity index (χ1v) is 8.03. The van der Waals surface area contributed by atoms with Crippen LogP contribution in [0.2, 0.25) is 0 Å². The fourth-order valence-corrected chi connectivity index (χ4v) is 2.30. The number of hydrogen-bond donors (Lipinski definition) is 2. The molecule has 0 bridgehead atoms. The Morgan fingerprint density at radius 1 is 1.32 bits per heavy atom. The first kappa shape index (κ1) is 18.7. The van der Waals surface area contributed by atoms with Crippen molar-refractivity contribution in [1.29, 1.82) is 0 Å². The van der Waals surface area contributed by atoms with Gasteiger partial charge in [-0.05, 0) is 26.0 Å². The summed E-state index contributed by atoms with van der Waals surface area (Å²) in [7, 11) is 1.86. The quantitative estimate of drug-likeness (QED) is 0.595. The van der Waals surface area contributed by atoms with E-state index in [4.69, 9.17) is 0 Å². The van der Waals surface area contributed by atoms with Crippen molar-refractivity contribution in [1.82, 2.24) is 20.4 Å². The van der Waals surface area contributed by atoms with Gasteiger partial charge in [0.25, 0.3) is 0 Å². The molecule has 2 N–H and O–H groups in total. The van der Waals surface area contributed by atoms with E-state index in [0.29, 0.717) is 24.6 Å². The van der Waals surface area contributed by atoms with Crippen LogP contribution in [0.4, 0.5) is 8.78 Å². The average molecular weight is 351 g/mol. The highest BCUT2D eigenvalue weighted by Crippen LogP contribution is 2.22. The summed E-state index contributed by atoms with van der Waals surface area (Å²) in [6, 6.07) is 6.98. The van der Waals surface area contributed by atoms with Crippen LogP contribution >= 0.6 is 0 Å². The predicted molar refractivity (Wildman–Crippen MR) is 92.7 cm³/mol. The number of guanidine groups is 1. The van der Waals surface area contributed by atoms with Crippen LogP contribution in [0.5, 0.6) is 5.75 Å². The molecule has 1 aromatic heterocycles. The highest BCUT2D eigenvalue weighted by atomic mass is 19.3. The number of nitrogens with zero attached hydrogens (tertiary/aromatic N) is 3. The summed E-state index contributed by atoms with van der Waals surface area (Å²) in [6.07, 6.45) is 1.72. The molecule has 0 fully saturated rings. The summed E-state index contributed by atoms with van der Waals surface area (Å²) in [6.45, 7) is 2.46. The molecule has 0 saturated carbocycles. The fourth-order valence-electron chi connectivity index (χ4n) is 2.30. The van der Waals surface area contributed by atoms with Crippen LogP contribution in [0.1, 0.15) is 23.7 Å². The Kier molecular flexibility index (Phi) is 6.73. The van der Waals surface area contributed by atoms with Gasteiger partial charge in [0, 0.05) is 25.4 Å². The third kappa shape index (κ3) is 5.74. The molecule has 8 heteroatoms. The lowest BCUT2D eigenvalue weighted by atomic mass is 10.1. The van der Waals surface area contributed by atoms with E-state index in [2.05, 4.69) is 25.5 Å². The number of aliphatic imine (C=N–C) groups is 1. The summed E-state index contributed by atoms with van der Waals surface area (Å²) in [5.74, 6) is 0.736. The zero-order chi connectivity index (χ0) is 18.2. The van der Waals surface area contributed by atoms with Crippen molar-refractivity contribution in [3.05, 3.63) is 47.3 Å². The second kappa shape index (κ2) is 9.00. The molecular formula is C17H23F2N5O. The normalized spacial score (nSPS) is 11.7. The molecule has 25 heavy (non-hydrogen) atoms. The Bertz CT molecular complexity index is 715. The van der Waals surface area contributed by atoms with Gasteiger partial charge >= 0.3 is 6.61 Å². The summed E-state index contributed by atoms with van der Waals surface area (Å²) in [5, 5.41) is 10.4. The SMILES string of the molecule is CCNC(=NCc1cc(C)ccc1OC(F)F)NCc1ccnn1C. The molecule has 0 saturated heterocycles. The molecule has 136 valence electrons. The molecule has 1 heterocycles. The van der Waals surface area contributed by atoms with Gasteiger partial charge in [0.05, 0.1) is 18.8 Å². The molecule has 0 aliphatic heterocycles. The van der Waals surface area contributed by atoms with Crippen LogP contribution in [0.25, 0.3) is 0 Å². The smallest absolute Gasteiger partial charge is 0.387 e. The Labute approximate surface area is 145 Å². The minimum atomic E-state index is -2.86. The zero-order valence-corrected chi connectivity index (χ0v) is 14.6. The second-order valence-electron chi connectivity index (χ2n) is 5.48. The third-order valence-corrected chi connectivity index (χ3v) is 3.54. The minimum Gasteiger partial charge on any atom is -0.434 e. The van der Waals surface area contributed by atoms with E-state index in [0.717, 1.165) is 11.3 Å². The second-order valence-corrected chi connectivity index (χ2v) is 5.48. The highest BCUT2D eigenvalue weighted by Gasteiger charge is 2.10. The number of halogens is 2. The summed E-state index contributed by atoms with van der Waals surface area (Å²) < 4.78 is 31.4. The van der Waals surface area contributed by atoms with Gasteiger partial charge in [0.2, 0.25) is 0 Å². The number of nitrogens with one attached hydrogen (secondary N) is 2. The molecule has 0 unspecified atom stereocenters. The minimum absolute atomic E-state index is 0.145. The number of ether oxygens (including phenoxy) is 1. The van der Waals surface area contributed by atoms with Crippen LogP contribution in [0, 0.1) is 6.92 Å². The standard InChI is InChI=1S/C17H23F2N5O/c1-4-20-17(22-11-14-7-8-23-24(14)3)21-10-13-9-12(2)5-6-15(13)25-16(18)19/h5-9,16H,4,10-11H2,1-3H3,(H2,20,21,22). The maximum absolute atomic E-state index is 12.5. The van der Waals surface area contributed by atoms with E-state index >= 15 is 0 Å². The topological polar surface area (TPSA) is 63.5 Å². The fraction of sp³-hybridized carbons (Fsp3) is 0.412. The van der Waals surface area contributed by atoms with E-state index in [1.54, 1.807) is 29.1 Å². The number of alkyl halides is 2. The van der Waals surface area contributed by atoms with E-state index in [9.17, 15) is 8.78 Å². The van der Waals surface area contributed by atoms with Crippen molar-refractivity contribution in [3.8, 4) is 5.75 Å². The van der Waals surface area contributed by atoms with Crippen molar-refractivity contribution < 1.29 is 13.5 Å². The van der Waals surface area contributed by atoms with Gasteiger partial charge in [-0.3, -0.25) is 4.68 Å². The number of aryl methyl sites for hydroxylation is 2. The molecule has 0 aliphatic carbocycles. The number of benzene rings is 1. The Balaban J connectivity index is 2.09. The third-order valence-electron chi connectivity index (χ3n) is 3.54. The Morgan fingerprint density at radius 2 is 2.12 bits per heavy atom. The molecule has 2 aromatic rings. The molecule has 1 aromatic carbocycles. The number of aromatic nitrogens is 2. The number of hydrogen-bond acceptors (Lipinski definition) is 3. The van der Waals surface area contributed by atoms with E-state index in [1.807, 2.05) is 27.0 Å². The zero-order valence-electron chi connectivity index (χ0n) is 14.6. The molecule has 2 rings (SSSR count). The molecular weight excluding hydrogens is 328 g/mol. The van der Waals surface area contributed by atoms with Gasteiger partial charge in [0.1, 0.15) is 5.75 Å². The van der Waals surface area contributed by atoms with Crippen molar-refractivity contribution in [3.63, 3.8) is 0 Å². The van der Waals surface area contributed by atoms with Gasteiger partial charge in [-0.1, -0.05) is 17.7 Å². The summed E-state index contributed by atoms with van der Waals surface area (Å²) >= 11 is 0. The van der Waals surface area contributed by atoms with Gasteiger partial charge in [-0.2, -0.15) is 13.9 Å². The van der Waals surface area contributed by atoms with Crippen molar-refractivity contribution >= 4 is 5.96 Å². The van der Waals surface area contributed by atoms with Crippen molar-refractivity contribution in [2.45, 2.75) is 33.5 Å². The first-order chi connectivity index (χ1) is 12.0. The predicted octanol–water partition coefficient (Wildman–Crippen LogP) is 2.59. The van der Waals surface area contributed by atoms with Crippen molar-refractivity contribution in [2.75, 3.05) is 6.54 Å². The van der Waals surface area contributed by atoms with Crippen LogP contribution in [0.3, 0.4) is 0 Å². The van der Waals surface area contributed by atoms with Crippen LogP contribution in [0.15, 0.2) is 35.5 Å². The van der Waals surface area contributed by atoms with Crippen LogP contribution < -0.4 is 15.4 Å². The summed E-state index contributed by atoms with van der Waals surface area (Å²) in [5.41, 5.74) is 2.57. The lowest BCUT2D eigenvalue weighted by Gasteiger charge is -2.13. The van der Waals surface area contributed by atoms with E-state index in [-0.39, 0.29) is 12.3 Å². The first-order valence-electron chi connectivity index (χ1n) is 8.03. The van der Waals surface area contributed by atoms with Crippen LogP contribution in [-0.2, 0) is 20.1 Å². The monoisotopic (exact) mass is 351 g/mol. The molecule has 0 atom stereocenters. The molecule has 6 nitrogen and oxygen atoms in total. The van der Waals surface area contributed by atoms with Crippen molar-refractivity contribution in [2.24, 2.45) is 12.0 Å². The van der Waals surface area contributed by atoms with Gasteiger partial charge in [-0.25, -0.2) is 4.99 Å². The lowest BCUT2D eigenvalue weighted by Crippen LogP contribution is -2.37. The van der Waals surface area contributed by atoms with Gasteiger partial charge in [0.15, 0.2) is 5.96 Å². The van der Waals surface area contributed by atoms with E-state index < -0.39 is 6.61 Å². The van der Waals surface area contributed by atoms with E-state index in [1.165, 1.54) is 0 Å².